The molecule has 20 heavy (non-hydrogen) atoms. The Labute approximate surface area is 115 Å². The van der Waals surface area contributed by atoms with E-state index in [0.29, 0.717) is 0 Å². The first kappa shape index (κ1) is 14.3. The summed E-state index contributed by atoms with van der Waals surface area (Å²) in [4.78, 5) is 36.9. The SMILES string of the molecule is Cn1c([O-])c([C@@H]2C(=O)C=C[C@H]2[NH+](C)C)c(=O)n(C)c1=O. The quantitative estimate of drug-likeness (QED) is 0.621. The Balaban J connectivity index is 2.74. The number of carbonyl (C=O) groups is 1. The molecule has 1 N–H and O–H groups in total. The van der Waals surface area contributed by atoms with Crippen molar-refractivity contribution in [3.05, 3.63) is 38.6 Å². The summed E-state index contributed by atoms with van der Waals surface area (Å²) in [5.74, 6) is -1.78. The Kier molecular flexibility index (Phi) is 3.39. The van der Waals surface area contributed by atoms with Crippen molar-refractivity contribution >= 4 is 5.78 Å². The summed E-state index contributed by atoms with van der Waals surface area (Å²) in [6, 6.07) is -0.277. The van der Waals surface area contributed by atoms with Gasteiger partial charge in [0.25, 0.3) is 5.56 Å². The number of aromatic nitrogens is 2. The smallest absolute Gasteiger partial charge is 0.329 e. The van der Waals surface area contributed by atoms with Crippen molar-refractivity contribution in [2.45, 2.75) is 12.0 Å². The Morgan fingerprint density at radius 3 is 2.30 bits per heavy atom. The number of ketones is 1. The zero-order chi connectivity index (χ0) is 15.2. The van der Waals surface area contributed by atoms with Gasteiger partial charge in [0.1, 0.15) is 12.0 Å². The lowest BCUT2D eigenvalue weighted by Crippen LogP contribution is -3.10. The molecule has 0 radical (unpaired) electrons. The van der Waals surface area contributed by atoms with Crippen LogP contribution in [0.1, 0.15) is 11.5 Å². The third-order valence-corrected chi connectivity index (χ3v) is 3.76. The first-order valence-corrected chi connectivity index (χ1v) is 6.26. The van der Waals surface area contributed by atoms with Crippen LogP contribution in [0.25, 0.3) is 0 Å². The van der Waals surface area contributed by atoms with E-state index in [1.807, 2.05) is 14.1 Å². The van der Waals surface area contributed by atoms with Crippen molar-refractivity contribution in [1.29, 1.82) is 0 Å². The van der Waals surface area contributed by atoms with E-state index < -0.39 is 23.0 Å². The van der Waals surface area contributed by atoms with Crippen molar-refractivity contribution < 1.29 is 14.8 Å². The van der Waals surface area contributed by atoms with E-state index in [4.69, 9.17) is 0 Å². The van der Waals surface area contributed by atoms with Gasteiger partial charge in [-0.25, -0.2) is 4.79 Å². The molecular weight excluding hydrogens is 262 g/mol. The number of nitrogens with zero attached hydrogens (tertiary/aromatic N) is 2. The molecule has 0 saturated heterocycles. The van der Waals surface area contributed by atoms with Gasteiger partial charge in [0, 0.05) is 19.7 Å². The minimum Gasteiger partial charge on any atom is -0.860 e. The predicted molar refractivity (Wildman–Crippen MR) is 69.9 cm³/mol. The summed E-state index contributed by atoms with van der Waals surface area (Å²) in [5, 5.41) is 12.2. The van der Waals surface area contributed by atoms with Crippen molar-refractivity contribution in [3.8, 4) is 5.88 Å². The third-order valence-electron chi connectivity index (χ3n) is 3.76. The maximum Gasteiger partial charge on any atom is 0.329 e. The molecule has 7 nitrogen and oxygen atoms in total. The molecule has 1 aliphatic carbocycles. The van der Waals surface area contributed by atoms with Crippen molar-refractivity contribution in [2.75, 3.05) is 14.1 Å². The Bertz CT molecular complexity index is 712. The lowest BCUT2D eigenvalue weighted by atomic mass is 9.93. The van der Waals surface area contributed by atoms with Crippen molar-refractivity contribution in [2.24, 2.45) is 14.1 Å². The molecule has 0 fully saturated rings. The zero-order valence-corrected chi connectivity index (χ0v) is 11.8. The highest BCUT2D eigenvalue weighted by Crippen LogP contribution is 2.27. The molecule has 108 valence electrons. The fourth-order valence-electron chi connectivity index (χ4n) is 2.56. The first-order valence-electron chi connectivity index (χ1n) is 6.26. The molecule has 1 aromatic rings. The van der Waals surface area contributed by atoms with Gasteiger partial charge in [-0.05, 0) is 18.0 Å². The van der Waals surface area contributed by atoms with Gasteiger partial charge in [-0.1, -0.05) is 0 Å². The van der Waals surface area contributed by atoms with Gasteiger partial charge in [-0.3, -0.25) is 14.2 Å². The number of nitrogens with one attached hydrogen (secondary N) is 1. The van der Waals surface area contributed by atoms with Crippen LogP contribution in [0.3, 0.4) is 0 Å². The van der Waals surface area contributed by atoms with E-state index in [2.05, 4.69) is 0 Å². The number of rotatable bonds is 2. The monoisotopic (exact) mass is 279 g/mol. The topological polar surface area (TPSA) is 88.6 Å². The minimum atomic E-state index is -0.821. The molecule has 0 bridgehead atoms. The van der Waals surface area contributed by atoms with Gasteiger partial charge in [0.15, 0.2) is 5.78 Å². The maximum atomic E-state index is 12.2. The normalized spacial score (nSPS) is 21.9. The molecule has 2 rings (SSSR count). The number of likely N-dealkylation sites (N-methyl/N-ethyl adjacent to an activating group) is 1. The molecule has 0 unspecified atom stereocenters. The van der Waals surface area contributed by atoms with Gasteiger partial charge >= 0.3 is 5.69 Å². The van der Waals surface area contributed by atoms with Gasteiger partial charge in [0.05, 0.1) is 14.1 Å². The fraction of sp³-hybridized carbons (Fsp3) is 0.462. The van der Waals surface area contributed by atoms with Crippen LogP contribution in [0.2, 0.25) is 0 Å². The highest BCUT2D eigenvalue weighted by Gasteiger charge is 2.38. The summed E-state index contributed by atoms with van der Waals surface area (Å²) < 4.78 is 1.73. The van der Waals surface area contributed by atoms with E-state index in [1.54, 1.807) is 6.08 Å². The first-order chi connectivity index (χ1) is 9.27. The van der Waals surface area contributed by atoms with Gasteiger partial charge < -0.3 is 14.6 Å². The Morgan fingerprint density at radius 2 is 1.75 bits per heavy atom. The maximum absolute atomic E-state index is 12.2. The van der Waals surface area contributed by atoms with Crippen LogP contribution < -0.4 is 21.3 Å². The van der Waals surface area contributed by atoms with Gasteiger partial charge in [-0.2, -0.15) is 0 Å². The third kappa shape index (κ3) is 1.90. The summed E-state index contributed by atoms with van der Waals surface area (Å²) in [5.41, 5.74) is -1.50. The van der Waals surface area contributed by atoms with Gasteiger partial charge in [-0.15, -0.1) is 0 Å². The second-order valence-electron chi connectivity index (χ2n) is 5.27. The van der Waals surface area contributed by atoms with Crippen LogP contribution in [0.5, 0.6) is 5.88 Å². The van der Waals surface area contributed by atoms with Crippen LogP contribution in [0.15, 0.2) is 21.7 Å². The zero-order valence-electron chi connectivity index (χ0n) is 11.8. The fourth-order valence-corrected chi connectivity index (χ4v) is 2.56. The Morgan fingerprint density at radius 1 is 1.15 bits per heavy atom. The molecular formula is C13H17N3O4. The lowest BCUT2D eigenvalue weighted by Gasteiger charge is -2.26. The van der Waals surface area contributed by atoms with Gasteiger partial charge in [0.2, 0.25) is 0 Å². The summed E-state index contributed by atoms with van der Waals surface area (Å²) in [6.07, 6.45) is 3.10. The molecule has 0 aromatic carbocycles. The van der Waals surface area contributed by atoms with E-state index in [9.17, 15) is 19.5 Å². The number of allylic oxidation sites excluding steroid dienone is 1. The predicted octanol–water partition coefficient (Wildman–Crippen LogP) is -3.11. The standard InChI is InChI=1S/C13H17N3O4/c1-14(2)7-5-6-8(17)9(7)10-11(18)15(3)13(20)16(4)12(10)19/h5-7,9,18H,1-4H3/t7-,9+/m1/s1. The minimum absolute atomic E-state index is 0.129. The number of hydrogen-bond donors (Lipinski definition) is 1. The summed E-state index contributed by atoms with van der Waals surface area (Å²) in [7, 11) is 6.30. The second-order valence-corrected chi connectivity index (χ2v) is 5.27. The molecule has 0 spiro atoms. The van der Waals surface area contributed by atoms with Crippen LogP contribution in [-0.2, 0) is 18.9 Å². The van der Waals surface area contributed by atoms with Crippen LogP contribution in [0.4, 0.5) is 0 Å². The van der Waals surface area contributed by atoms with E-state index in [1.165, 1.54) is 20.2 Å². The Hall–Kier alpha value is -2.15. The number of carbonyl (C=O) groups excluding carboxylic acids is 1. The average Bonchev–Trinajstić information content (AvgIpc) is 2.77. The lowest BCUT2D eigenvalue weighted by molar-refractivity contribution is -0.878. The highest BCUT2D eigenvalue weighted by atomic mass is 16.3. The van der Waals surface area contributed by atoms with Crippen LogP contribution in [0, 0.1) is 0 Å². The summed E-state index contributed by atoms with van der Waals surface area (Å²) in [6.45, 7) is 0. The van der Waals surface area contributed by atoms with Crippen molar-refractivity contribution in [1.82, 2.24) is 9.13 Å². The molecule has 1 aromatic heterocycles. The molecule has 7 heteroatoms. The molecule has 1 aliphatic rings. The van der Waals surface area contributed by atoms with Crippen LogP contribution >= 0.6 is 0 Å². The van der Waals surface area contributed by atoms with Crippen molar-refractivity contribution in [3.63, 3.8) is 0 Å². The highest BCUT2D eigenvalue weighted by molar-refractivity contribution is 5.99. The van der Waals surface area contributed by atoms with E-state index >= 15 is 0 Å². The molecule has 1 heterocycles. The number of quaternary nitrogens is 1. The van der Waals surface area contributed by atoms with E-state index in [-0.39, 0.29) is 17.4 Å². The van der Waals surface area contributed by atoms with Crippen LogP contribution in [-0.4, -0.2) is 35.1 Å². The van der Waals surface area contributed by atoms with E-state index in [0.717, 1.165) is 14.0 Å². The molecule has 0 saturated carbocycles. The average molecular weight is 279 g/mol. The second kappa shape index (κ2) is 4.75. The largest absolute Gasteiger partial charge is 0.860 e. The summed E-state index contributed by atoms with van der Waals surface area (Å²) >= 11 is 0. The molecule has 0 amide bonds. The molecule has 0 aliphatic heterocycles. The molecule has 2 atom stereocenters. The number of hydrogen-bond acceptors (Lipinski definition) is 4.